The van der Waals surface area contributed by atoms with Crippen LogP contribution >= 0.6 is 0 Å². The molecule has 0 aliphatic carbocycles. The minimum atomic E-state index is -0.897. The summed E-state index contributed by atoms with van der Waals surface area (Å²) in [5.74, 6) is -1.64. The van der Waals surface area contributed by atoms with E-state index in [-0.39, 0.29) is 29.4 Å². The quantitative estimate of drug-likeness (QED) is 0.533. The Balaban J connectivity index is 2.47. The topological polar surface area (TPSA) is 94.6 Å². The number of nitriles is 1. The third-order valence-corrected chi connectivity index (χ3v) is 4.34. The van der Waals surface area contributed by atoms with Gasteiger partial charge >= 0.3 is 5.97 Å². The summed E-state index contributed by atoms with van der Waals surface area (Å²) in [6, 6.07) is 6.11. The fourth-order valence-corrected chi connectivity index (χ4v) is 3.06. The molecule has 1 atom stereocenters. The number of ether oxygens (including phenoxy) is 3. The first-order chi connectivity index (χ1) is 13.4. The van der Waals surface area contributed by atoms with Crippen molar-refractivity contribution in [2.75, 3.05) is 13.2 Å². The summed E-state index contributed by atoms with van der Waals surface area (Å²) in [7, 11) is 0. The molecule has 1 heterocycles. The fourth-order valence-electron chi connectivity index (χ4n) is 3.06. The van der Waals surface area contributed by atoms with Crippen LogP contribution in [0.3, 0.4) is 0 Å². The van der Waals surface area contributed by atoms with Crippen molar-refractivity contribution in [3.63, 3.8) is 0 Å². The summed E-state index contributed by atoms with van der Waals surface area (Å²) in [4.78, 5) is 12.5. The highest BCUT2D eigenvalue weighted by atomic mass is 19.1. The van der Waals surface area contributed by atoms with Crippen LogP contribution < -0.4 is 10.5 Å². The Kier molecular flexibility index (Phi) is 7.44. The fraction of sp³-hybridized carbons (Fsp3) is 0.429. The van der Waals surface area contributed by atoms with Crippen LogP contribution in [0.4, 0.5) is 4.39 Å². The Morgan fingerprint density at radius 3 is 2.71 bits per heavy atom. The van der Waals surface area contributed by atoms with Crippen LogP contribution in [0.15, 0.2) is 41.0 Å². The molecule has 7 heteroatoms. The van der Waals surface area contributed by atoms with Crippen molar-refractivity contribution in [3.05, 3.63) is 52.4 Å². The van der Waals surface area contributed by atoms with E-state index < -0.39 is 17.7 Å². The summed E-state index contributed by atoms with van der Waals surface area (Å²) in [6.07, 6.45) is 2.90. The monoisotopic (exact) mass is 388 g/mol. The molecule has 0 radical (unpaired) electrons. The Morgan fingerprint density at radius 1 is 1.32 bits per heavy atom. The van der Waals surface area contributed by atoms with Gasteiger partial charge in [0.05, 0.1) is 24.7 Å². The van der Waals surface area contributed by atoms with Crippen molar-refractivity contribution in [1.29, 1.82) is 5.26 Å². The SMILES string of the molecule is CCCCCOc1cc(F)cc(C2C(C#N)=C(N)OC(C)=C2C(=O)OCC)c1. The summed E-state index contributed by atoms with van der Waals surface area (Å²) < 4.78 is 30.4. The lowest BCUT2D eigenvalue weighted by Crippen LogP contribution is -2.25. The van der Waals surface area contributed by atoms with Gasteiger partial charge in [0.2, 0.25) is 5.88 Å². The second-order valence-corrected chi connectivity index (χ2v) is 6.39. The number of nitrogens with zero attached hydrogens (tertiary/aromatic N) is 1. The lowest BCUT2D eigenvalue weighted by atomic mass is 9.83. The number of carbonyl (C=O) groups excluding carboxylic acids is 1. The number of nitrogens with two attached hydrogens (primary N) is 1. The van der Waals surface area contributed by atoms with Crippen LogP contribution in [0.2, 0.25) is 0 Å². The van der Waals surface area contributed by atoms with Gasteiger partial charge in [0.1, 0.15) is 29.0 Å². The van der Waals surface area contributed by atoms with Crippen molar-refractivity contribution in [2.24, 2.45) is 5.73 Å². The maximum absolute atomic E-state index is 14.3. The molecule has 1 aromatic rings. The van der Waals surface area contributed by atoms with Gasteiger partial charge < -0.3 is 19.9 Å². The minimum Gasteiger partial charge on any atom is -0.493 e. The highest BCUT2D eigenvalue weighted by Gasteiger charge is 2.36. The predicted octanol–water partition coefficient (Wildman–Crippen LogP) is 4.04. The molecule has 0 spiro atoms. The van der Waals surface area contributed by atoms with Gasteiger partial charge in [0, 0.05) is 6.07 Å². The van der Waals surface area contributed by atoms with Crippen molar-refractivity contribution in [1.82, 2.24) is 0 Å². The Bertz CT molecular complexity index is 839. The van der Waals surface area contributed by atoms with Crippen molar-refractivity contribution in [3.8, 4) is 11.8 Å². The van der Waals surface area contributed by atoms with Crippen LogP contribution in [0, 0.1) is 17.1 Å². The van der Waals surface area contributed by atoms with E-state index in [1.54, 1.807) is 19.9 Å². The van der Waals surface area contributed by atoms with E-state index in [1.807, 2.05) is 6.07 Å². The van der Waals surface area contributed by atoms with Gasteiger partial charge in [-0.3, -0.25) is 0 Å². The van der Waals surface area contributed by atoms with Gasteiger partial charge in [-0.15, -0.1) is 0 Å². The second kappa shape index (κ2) is 9.79. The Morgan fingerprint density at radius 2 is 2.07 bits per heavy atom. The summed E-state index contributed by atoms with van der Waals surface area (Å²) >= 11 is 0. The molecular formula is C21H25FN2O4. The molecule has 1 unspecified atom stereocenters. The first kappa shape index (κ1) is 21.3. The summed E-state index contributed by atoms with van der Waals surface area (Å²) in [5, 5.41) is 9.58. The third kappa shape index (κ3) is 4.83. The number of rotatable bonds is 8. The first-order valence-corrected chi connectivity index (χ1v) is 9.31. The number of carbonyl (C=O) groups is 1. The lowest BCUT2D eigenvalue weighted by molar-refractivity contribution is -0.139. The molecule has 2 N–H and O–H groups in total. The smallest absolute Gasteiger partial charge is 0.338 e. The van der Waals surface area contributed by atoms with Gasteiger partial charge in [-0.2, -0.15) is 5.26 Å². The average molecular weight is 388 g/mol. The zero-order chi connectivity index (χ0) is 20.7. The maximum atomic E-state index is 14.3. The van der Waals surface area contributed by atoms with E-state index in [9.17, 15) is 14.4 Å². The van der Waals surface area contributed by atoms with Gasteiger partial charge in [-0.25, -0.2) is 9.18 Å². The highest BCUT2D eigenvalue weighted by Crippen LogP contribution is 2.40. The lowest BCUT2D eigenvalue weighted by Gasteiger charge is -2.27. The molecule has 28 heavy (non-hydrogen) atoms. The Labute approximate surface area is 164 Å². The van der Waals surface area contributed by atoms with Crippen molar-refractivity contribution < 1.29 is 23.4 Å². The van der Waals surface area contributed by atoms with Crippen LogP contribution in [-0.2, 0) is 14.3 Å². The normalized spacial score (nSPS) is 16.5. The highest BCUT2D eigenvalue weighted by molar-refractivity contribution is 5.92. The van der Waals surface area contributed by atoms with E-state index in [4.69, 9.17) is 19.9 Å². The molecule has 0 bridgehead atoms. The first-order valence-electron chi connectivity index (χ1n) is 9.31. The molecule has 1 aliphatic rings. The molecule has 6 nitrogen and oxygen atoms in total. The van der Waals surface area contributed by atoms with Crippen molar-refractivity contribution in [2.45, 2.75) is 46.0 Å². The summed E-state index contributed by atoms with van der Waals surface area (Å²) in [6.45, 7) is 5.91. The average Bonchev–Trinajstić information content (AvgIpc) is 2.64. The van der Waals surface area contributed by atoms with Crippen molar-refractivity contribution >= 4 is 5.97 Å². The molecule has 0 saturated carbocycles. The van der Waals surface area contributed by atoms with E-state index in [2.05, 4.69) is 6.92 Å². The zero-order valence-corrected chi connectivity index (χ0v) is 16.4. The van der Waals surface area contributed by atoms with E-state index in [0.29, 0.717) is 17.9 Å². The van der Waals surface area contributed by atoms with Crippen LogP contribution in [-0.4, -0.2) is 19.2 Å². The van der Waals surface area contributed by atoms with Crippen LogP contribution in [0.25, 0.3) is 0 Å². The Hall–Kier alpha value is -3.01. The molecular weight excluding hydrogens is 363 g/mol. The van der Waals surface area contributed by atoms with Crippen LogP contribution in [0.5, 0.6) is 5.75 Å². The van der Waals surface area contributed by atoms with E-state index in [1.165, 1.54) is 12.1 Å². The number of allylic oxidation sites excluding steroid dienone is 2. The molecule has 0 amide bonds. The number of halogens is 1. The molecule has 1 aromatic carbocycles. The van der Waals surface area contributed by atoms with E-state index >= 15 is 0 Å². The number of unbranched alkanes of at least 4 members (excludes halogenated alkanes) is 2. The summed E-state index contributed by atoms with van der Waals surface area (Å²) in [5.41, 5.74) is 6.37. The molecule has 0 fully saturated rings. The number of esters is 1. The molecule has 2 rings (SSSR count). The second-order valence-electron chi connectivity index (χ2n) is 6.39. The van der Waals surface area contributed by atoms with E-state index in [0.717, 1.165) is 19.3 Å². The largest absolute Gasteiger partial charge is 0.493 e. The number of benzene rings is 1. The maximum Gasteiger partial charge on any atom is 0.338 e. The molecule has 0 aromatic heterocycles. The van der Waals surface area contributed by atoms with Gasteiger partial charge in [0.25, 0.3) is 0 Å². The van der Waals surface area contributed by atoms with Crippen LogP contribution in [0.1, 0.15) is 51.5 Å². The third-order valence-electron chi connectivity index (χ3n) is 4.34. The van der Waals surface area contributed by atoms with Gasteiger partial charge in [-0.1, -0.05) is 19.8 Å². The standard InChI is InChI=1S/C21H25FN2O4/c1-4-6-7-8-27-16-10-14(9-15(22)11-16)19-17(12-23)20(24)28-13(3)18(19)21(25)26-5-2/h9-11,19H,4-8,24H2,1-3H3. The number of hydrogen-bond donors (Lipinski definition) is 1. The zero-order valence-electron chi connectivity index (χ0n) is 16.4. The molecule has 150 valence electrons. The minimum absolute atomic E-state index is 0.0242. The molecule has 0 saturated heterocycles. The van der Waals surface area contributed by atoms with Gasteiger partial charge in [0.15, 0.2) is 0 Å². The van der Waals surface area contributed by atoms with Gasteiger partial charge in [-0.05, 0) is 38.0 Å². The predicted molar refractivity (Wildman–Crippen MR) is 101 cm³/mol. The number of hydrogen-bond acceptors (Lipinski definition) is 6. The molecule has 1 aliphatic heterocycles.